The van der Waals surface area contributed by atoms with Crippen molar-refractivity contribution < 1.29 is 18.7 Å². The van der Waals surface area contributed by atoms with Gasteiger partial charge in [0.2, 0.25) is 0 Å². The number of imidazole rings is 1. The van der Waals surface area contributed by atoms with E-state index in [1.54, 1.807) is 0 Å². The van der Waals surface area contributed by atoms with Crippen LogP contribution < -0.4 is 0 Å². The van der Waals surface area contributed by atoms with E-state index in [2.05, 4.69) is 9.97 Å². The van der Waals surface area contributed by atoms with E-state index in [-0.39, 0.29) is 11.4 Å². The van der Waals surface area contributed by atoms with Gasteiger partial charge in [0.05, 0.1) is 11.4 Å². The quantitative estimate of drug-likeness (QED) is 0.878. The van der Waals surface area contributed by atoms with Crippen LogP contribution in [0, 0.1) is 17.6 Å². The van der Waals surface area contributed by atoms with Crippen LogP contribution in [0.2, 0.25) is 0 Å². The van der Waals surface area contributed by atoms with Crippen molar-refractivity contribution in [3.63, 3.8) is 0 Å². The number of nitrogens with zero attached hydrogens (tertiary/aromatic N) is 1. The molecule has 0 amide bonds. The Morgan fingerprint density at radius 1 is 1.37 bits per heavy atom. The lowest BCUT2D eigenvalue weighted by atomic mass is 9.96. The zero-order valence-corrected chi connectivity index (χ0v) is 9.99. The molecule has 2 aromatic rings. The van der Waals surface area contributed by atoms with Crippen LogP contribution in [0.5, 0.6) is 0 Å². The number of aliphatic carboxylic acids is 1. The number of carboxylic acids is 1. The highest BCUT2D eigenvalue weighted by Crippen LogP contribution is 2.39. The standard InChI is InChI=1S/C13H12F2N2O2/c14-8-4-5-9-11(10(8)15)17-12(16-9)6-2-1-3-7(6)13(18)19/h4-7H,1-3H2,(H,16,17)(H,18,19). The van der Waals surface area contributed by atoms with Gasteiger partial charge in [-0.1, -0.05) is 6.42 Å². The number of hydrogen-bond acceptors (Lipinski definition) is 2. The largest absolute Gasteiger partial charge is 0.481 e. The molecule has 0 saturated heterocycles. The normalized spacial score (nSPS) is 23.1. The van der Waals surface area contributed by atoms with E-state index >= 15 is 0 Å². The Bertz CT molecular complexity index is 653. The molecule has 100 valence electrons. The average molecular weight is 266 g/mol. The molecule has 1 heterocycles. The summed E-state index contributed by atoms with van der Waals surface area (Å²) in [5, 5.41) is 9.14. The molecule has 0 radical (unpaired) electrons. The van der Waals surface area contributed by atoms with Crippen LogP contribution in [0.25, 0.3) is 11.0 Å². The smallest absolute Gasteiger partial charge is 0.307 e. The molecule has 0 aliphatic heterocycles. The number of nitrogens with one attached hydrogen (secondary N) is 1. The lowest BCUT2D eigenvalue weighted by Crippen LogP contribution is -2.17. The summed E-state index contributed by atoms with van der Waals surface area (Å²) in [5.74, 6) is -3.14. The highest BCUT2D eigenvalue weighted by atomic mass is 19.2. The van der Waals surface area contributed by atoms with Crippen LogP contribution in [0.3, 0.4) is 0 Å². The van der Waals surface area contributed by atoms with Crippen LogP contribution in [-0.4, -0.2) is 21.0 Å². The molecular weight excluding hydrogens is 254 g/mol. The third-order valence-corrected chi connectivity index (χ3v) is 3.75. The van der Waals surface area contributed by atoms with Crippen molar-refractivity contribution in [2.75, 3.05) is 0 Å². The SMILES string of the molecule is O=C(O)C1CCCC1c1nc2c(F)c(F)ccc2[nH]1. The van der Waals surface area contributed by atoms with Crippen molar-refractivity contribution in [3.8, 4) is 0 Å². The highest BCUT2D eigenvalue weighted by Gasteiger charge is 2.36. The van der Waals surface area contributed by atoms with Crippen molar-refractivity contribution in [2.45, 2.75) is 25.2 Å². The first-order valence-electron chi connectivity index (χ1n) is 6.14. The topological polar surface area (TPSA) is 66.0 Å². The van der Waals surface area contributed by atoms with Crippen LogP contribution in [0.15, 0.2) is 12.1 Å². The van der Waals surface area contributed by atoms with Gasteiger partial charge in [0.15, 0.2) is 11.6 Å². The van der Waals surface area contributed by atoms with Gasteiger partial charge in [0.1, 0.15) is 11.3 Å². The van der Waals surface area contributed by atoms with Crippen LogP contribution >= 0.6 is 0 Å². The third kappa shape index (κ3) is 1.87. The molecule has 6 heteroatoms. The minimum absolute atomic E-state index is 0.0639. The van der Waals surface area contributed by atoms with Gasteiger partial charge in [-0.2, -0.15) is 0 Å². The highest BCUT2D eigenvalue weighted by molar-refractivity contribution is 5.77. The Balaban J connectivity index is 2.06. The molecule has 1 aromatic carbocycles. The fourth-order valence-corrected chi connectivity index (χ4v) is 2.80. The second-order valence-corrected chi connectivity index (χ2v) is 4.86. The molecule has 1 aliphatic rings. The first-order chi connectivity index (χ1) is 9.08. The van der Waals surface area contributed by atoms with Gasteiger partial charge in [-0.25, -0.2) is 13.8 Å². The maximum absolute atomic E-state index is 13.6. The van der Waals surface area contributed by atoms with Gasteiger partial charge >= 0.3 is 5.97 Å². The number of H-pyrrole nitrogens is 1. The van der Waals surface area contributed by atoms with E-state index in [4.69, 9.17) is 5.11 Å². The van der Waals surface area contributed by atoms with Crippen molar-refractivity contribution in [1.29, 1.82) is 0 Å². The Morgan fingerprint density at radius 2 is 2.16 bits per heavy atom. The Labute approximate surface area is 107 Å². The fraction of sp³-hybridized carbons (Fsp3) is 0.385. The van der Waals surface area contributed by atoms with Gasteiger partial charge in [-0.05, 0) is 25.0 Å². The number of halogens is 2. The van der Waals surface area contributed by atoms with Gasteiger partial charge < -0.3 is 10.1 Å². The number of rotatable bonds is 2. The number of aromatic nitrogens is 2. The summed E-state index contributed by atoms with van der Waals surface area (Å²) in [5.41, 5.74) is 0.330. The Hall–Kier alpha value is -1.98. The first kappa shape index (κ1) is 12.1. The molecular formula is C13H12F2N2O2. The monoisotopic (exact) mass is 266 g/mol. The van der Waals surface area contributed by atoms with Crippen LogP contribution in [-0.2, 0) is 4.79 Å². The van der Waals surface area contributed by atoms with Crippen molar-refractivity contribution in [3.05, 3.63) is 29.6 Å². The molecule has 1 aliphatic carbocycles. The van der Waals surface area contributed by atoms with Gasteiger partial charge in [0, 0.05) is 5.92 Å². The van der Waals surface area contributed by atoms with Gasteiger partial charge in [0.25, 0.3) is 0 Å². The zero-order chi connectivity index (χ0) is 13.6. The fourth-order valence-electron chi connectivity index (χ4n) is 2.80. The summed E-state index contributed by atoms with van der Waals surface area (Å²) >= 11 is 0. The van der Waals surface area contributed by atoms with Crippen molar-refractivity contribution >= 4 is 17.0 Å². The Morgan fingerprint density at radius 3 is 2.89 bits per heavy atom. The first-order valence-corrected chi connectivity index (χ1v) is 6.14. The minimum atomic E-state index is -0.995. The molecule has 2 unspecified atom stereocenters. The molecule has 2 N–H and O–H groups in total. The summed E-state index contributed by atoms with van der Waals surface area (Å²) in [6, 6.07) is 2.44. The number of carbonyl (C=O) groups is 1. The zero-order valence-electron chi connectivity index (χ0n) is 9.99. The molecule has 4 nitrogen and oxygen atoms in total. The molecule has 2 atom stereocenters. The minimum Gasteiger partial charge on any atom is -0.481 e. The molecule has 1 aromatic heterocycles. The maximum Gasteiger partial charge on any atom is 0.307 e. The van der Waals surface area contributed by atoms with E-state index < -0.39 is 23.5 Å². The molecule has 3 rings (SSSR count). The molecule has 0 bridgehead atoms. The van der Waals surface area contributed by atoms with E-state index in [9.17, 15) is 13.6 Å². The summed E-state index contributed by atoms with van der Waals surface area (Å²) in [6.45, 7) is 0. The Kier molecular flexibility index (Phi) is 2.73. The van der Waals surface area contributed by atoms with Gasteiger partial charge in [-0.15, -0.1) is 0 Å². The number of carboxylic acid groups (broad SMARTS) is 1. The average Bonchev–Trinajstić information content (AvgIpc) is 2.99. The van der Waals surface area contributed by atoms with Crippen molar-refractivity contribution in [2.24, 2.45) is 5.92 Å². The van der Waals surface area contributed by atoms with Crippen LogP contribution in [0.4, 0.5) is 8.78 Å². The predicted octanol–water partition coefficient (Wildman–Crippen LogP) is 2.81. The molecule has 0 spiro atoms. The molecule has 1 saturated carbocycles. The molecule has 1 fully saturated rings. The lowest BCUT2D eigenvalue weighted by Gasteiger charge is -2.12. The maximum atomic E-state index is 13.6. The number of fused-ring (bicyclic) bond motifs is 1. The second kappa shape index (κ2) is 4.29. The summed E-state index contributed by atoms with van der Waals surface area (Å²) in [4.78, 5) is 18.1. The second-order valence-electron chi connectivity index (χ2n) is 4.86. The van der Waals surface area contributed by atoms with E-state index in [0.717, 1.165) is 12.5 Å². The predicted molar refractivity (Wildman–Crippen MR) is 63.7 cm³/mol. The summed E-state index contributed by atoms with van der Waals surface area (Å²) < 4.78 is 26.7. The van der Waals surface area contributed by atoms with E-state index in [0.29, 0.717) is 24.2 Å². The molecule has 19 heavy (non-hydrogen) atoms. The van der Waals surface area contributed by atoms with Crippen LogP contribution in [0.1, 0.15) is 31.0 Å². The van der Waals surface area contributed by atoms with Gasteiger partial charge in [-0.3, -0.25) is 4.79 Å². The summed E-state index contributed by atoms with van der Waals surface area (Å²) in [6.07, 6.45) is 2.09. The lowest BCUT2D eigenvalue weighted by molar-refractivity contribution is -0.142. The number of aromatic amines is 1. The number of benzene rings is 1. The third-order valence-electron chi connectivity index (χ3n) is 3.75. The summed E-state index contributed by atoms with van der Waals surface area (Å²) in [7, 11) is 0. The number of hydrogen-bond donors (Lipinski definition) is 2. The van der Waals surface area contributed by atoms with E-state index in [1.807, 2.05) is 0 Å². The van der Waals surface area contributed by atoms with E-state index in [1.165, 1.54) is 6.07 Å². The van der Waals surface area contributed by atoms with Crippen molar-refractivity contribution in [1.82, 2.24) is 9.97 Å².